The molecule has 3 heteroatoms. The highest BCUT2D eigenvalue weighted by Gasteiger charge is 2.40. The second-order valence-electron chi connectivity index (χ2n) is 4.73. The van der Waals surface area contributed by atoms with Gasteiger partial charge in [-0.25, -0.2) is 0 Å². The lowest BCUT2D eigenvalue weighted by atomic mass is 10.4. The lowest BCUT2D eigenvalue weighted by molar-refractivity contribution is 0.367. The van der Waals surface area contributed by atoms with Crippen molar-refractivity contribution in [3.05, 3.63) is 30.3 Å². The first-order chi connectivity index (χ1) is 8.64. The largest absolute Gasteiger partial charge is 0.309 e. The number of rotatable bonds is 7. The molecular formula is C15H28N2Si. The minimum atomic E-state index is -1.72. The van der Waals surface area contributed by atoms with E-state index in [1.54, 1.807) is 0 Å². The maximum atomic E-state index is 2.68. The number of benzene rings is 1. The van der Waals surface area contributed by atoms with Crippen LogP contribution in [0.3, 0.4) is 0 Å². The highest BCUT2D eigenvalue weighted by Crippen LogP contribution is 2.15. The minimum absolute atomic E-state index is 1.13. The maximum Gasteiger partial charge on any atom is 0.236 e. The summed E-state index contributed by atoms with van der Waals surface area (Å²) >= 11 is 0. The van der Waals surface area contributed by atoms with Gasteiger partial charge in [0.05, 0.1) is 0 Å². The molecular weight excluding hydrogens is 236 g/mol. The third-order valence-electron chi connectivity index (χ3n) is 4.08. The molecule has 0 aliphatic carbocycles. The highest BCUT2D eigenvalue weighted by molar-refractivity contribution is 6.86. The predicted octanol–water partition coefficient (Wildman–Crippen LogP) is 2.65. The Morgan fingerprint density at radius 2 is 1.17 bits per heavy atom. The molecule has 0 bridgehead atoms. The zero-order chi connectivity index (χ0) is 13.6. The molecule has 0 saturated carbocycles. The van der Waals surface area contributed by atoms with Crippen molar-refractivity contribution in [2.24, 2.45) is 0 Å². The Labute approximate surface area is 114 Å². The van der Waals surface area contributed by atoms with Crippen molar-refractivity contribution in [3.63, 3.8) is 0 Å². The Bertz CT molecular complexity index is 320. The average Bonchev–Trinajstić information content (AvgIpc) is 2.42. The molecule has 0 saturated heterocycles. The van der Waals surface area contributed by atoms with Crippen LogP contribution in [0.5, 0.6) is 0 Å². The van der Waals surface area contributed by atoms with E-state index in [-0.39, 0.29) is 0 Å². The van der Waals surface area contributed by atoms with Crippen molar-refractivity contribution in [3.8, 4) is 0 Å². The predicted molar refractivity (Wildman–Crippen MR) is 83.5 cm³/mol. The van der Waals surface area contributed by atoms with Crippen molar-refractivity contribution in [1.29, 1.82) is 0 Å². The summed E-state index contributed by atoms with van der Waals surface area (Å²) in [4.78, 5) is 0. The molecule has 0 unspecified atom stereocenters. The van der Waals surface area contributed by atoms with Crippen LogP contribution in [0.2, 0.25) is 6.55 Å². The van der Waals surface area contributed by atoms with Crippen molar-refractivity contribution in [2.45, 2.75) is 34.2 Å². The van der Waals surface area contributed by atoms with Gasteiger partial charge in [0, 0.05) is 0 Å². The Morgan fingerprint density at radius 3 is 1.50 bits per heavy atom. The number of nitrogens with zero attached hydrogens (tertiary/aromatic N) is 2. The standard InChI is InChI=1S/C15H28N2Si/c1-6-16(7-2)18(5,17(8-3)9-4)15-13-11-10-12-14-15/h10-14H,6-9H2,1-5H3. The van der Waals surface area contributed by atoms with E-state index in [0.717, 1.165) is 26.2 Å². The molecule has 0 amide bonds. The van der Waals surface area contributed by atoms with Gasteiger partial charge in [0.15, 0.2) is 0 Å². The van der Waals surface area contributed by atoms with Gasteiger partial charge in [0.2, 0.25) is 8.40 Å². The van der Waals surface area contributed by atoms with Gasteiger partial charge in [-0.05, 0) is 37.9 Å². The van der Waals surface area contributed by atoms with Gasteiger partial charge >= 0.3 is 0 Å². The van der Waals surface area contributed by atoms with Crippen LogP contribution >= 0.6 is 0 Å². The van der Waals surface area contributed by atoms with Gasteiger partial charge in [0.25, 0.3) is 0 Å². The Kier molecular flexibility index (Phi) is 6.06. The SMILES string of the molecule is CCN(CC)[Si](C)(c1ccccc1)N(CC)CC. The van der Waals surface area contributed by atoms with Gasteiger partial charge in [0.1, 0.15) is 0 Å². The summed E-state index contributed by atoms with van der Waals surface area (Å²) in [5.41, 5.74) is 0. The van der Waals surface area contributed by atoms with Gasteiger partial charge in [-0.1, -0.05) is 58.0 Å². The van der Waals surface area contributed by atoms with Gasteiger partial charge in [-0.3, -0.25) is 0 Å². The molecule has 102 valence electrons. The summed E-state index contributed by atoms with van der Waals surface area (Å²) in [5, 5.41) is 1.53. The number of hydrogen-bond acceptors (Lipinski definition) is 2. The fraction of sp³-hybridized carbons (Fsp3) is 0.600. The summed E-state index contributed by atoms with van der Waals surface area (Å²) in [7, 11) is -1.72. The molecule has 1 aromatic rings. The first-order valence-corrected chi connectivity index (χ1v) is 9.60. The fourth-order valence-electron chi connectivity index (χ4n) is 3.00. The van der Waals surface area contributed by atoms with Crippen molar-refractivity contribution in [2.75, 3.05) is 26.2 Å². The molecule has 0 aromatic heterocycles. The summed E-state index contributed by atoms with van der Waals surface area (Å²) < 4.78 is 5.35. The van der Waals surface area contributed by atoms with E-state index in [2.05, 4.69) is 73.7 Å². The molecule has 0 spiro atoms. The third-order valence-corrected chi connectivity index (χ3v) is 9.23. The van der Waals surface area contributed by atoms with E-state index in [4.69, 9.17) is 0 Å². The van der Waals surface area contributed by atoms with Crippen LogP contribution in [0, 0.1) is 0 Å². The monoisotopic (exact) mass is 264 g/mol. The molecule has 2 nitrogen and oxygen atoms in total. The van der Waals surface area contributed by atoms with E-state index >= 15 is 0 Å². The van der Waals surface area contributed by atoms with Crippen LogP contribution in [-0.4, -0.2) is 43.7 Å². The second kappa shape index (κ2) is 7.07. The zero-order valence-corrected chi connectivity index (χ0v) is 13.6. The second-order valence-corrected chi connectivity index (χ2v) is 8.62. The summed E-state index contributed by atoms with van der Waals surface area (Å²) in [6, 6.07) is 11.1. The van der Waals surface area contributed by atoms with Crippen LogP contribution in [0.25, 0.3) is 0 Å². The fourth-order valence-corrected chi connectivity index (χ4v) is 7.42. The molecule has 0 radical (unpaired) electrons. The average molecular weight is 264 g/mol. The summed E-state index contributed by atoms with van der Waals surface area (Å²) in [5.74, 6) is 0. The minimum Gasteiger partial charge on any atom is -0.309 e. The van der Waals surface area contributed by atoms with Crippen molar-refractivity contribution < 1.29 is 0 Å². The molecule has 0 N–H and O–H groups in total. The van der Waals surface area contributed by atoms with Crippen LogP contribution in [-0.2, 0) is 0 Å². The van der Waals surface area contributed by atoms with Crippen LogP contribution in [0.4, 0.5) is 0 Å². The summed E-state index contributed by atoms with van der Waals surface area (Å²) in [6.07, 6.45) is 0. The topological polar surface area (TPSA) is 6.48 Å². The Hall–Kier alpha value is -0.643. The molecule has 1 rings (SSSR count). The van der Waals surface area contributed by atoms with Crippen LogP contribution in [0.1, 0.15) is 27.7 Å². The zero-order valence-electron chi connectivity index (χ0n) is 12.6. The molecule has 0 fully saturated rings. The normalized spacial score (nSPS) is 12.4. The van der Waals surface area contributed by atoms with Crippen LogP contribution in [0.15, 0.2) is 30.3 Å². The molecule has 0 aliphatic heterocycles. The van der Waals surface area contributed by atoms with Gasteiger partial charge in [-0.15, -0.1) is 0 Å². The van der Waals surface area contributed by atoms with Crippen molar-refractivity contribution >= 4 is 13.6 Å². The summed E-state index contributed by atoms with van der Waals surface area (Å²) in [6.45, 7) is 16.1. The first kappa shape index (κ1) is 15.4. The lowest BCUT2D eigenvalue weighted by Crippen LogP contribution is -2.70. The Morgan fingerprint density at radius 1 is 0.778 bits per heavy atom. The maximum absolute atomic E-state index is 2.68. The van der Waals surface area contributed by atoms with E-state index < -0.39 is 8.40 Å². The number of hydrogen-bond donors (Lipinski definition) is 0. The molecule has 0 heterocycles. The molecule has 0 atom stereocenters. The van der Waals surface area contributed by atoms with E-state index in [0.29, 0.717) is 0 Å². The lowest BCUT2D eigenvalue weighted by Gasteiger charge is -2.46. The van der Waals surface area contributed by atoms with Crippen LogP contribution < -0.4 is 5.19 Å². The molecule has 1 aromatic carbocycles. The molecule has 18 heavy (non-hydrogen) atoms. The quantitative estimate of drug-likeness (QED) is 0.699. The first-order valence-electron chi connectivity index (χ1n) is 7.20. The van der Waals surface area contributed by atoms with Gasteiger partial charge in [-0.2, -0.15) is 0 Å². The van der Waals surface area contributed by atoms with E-state index in [9.17, 15) is 0 Å². The van der Waals surface area contributed by atoms with E-state index in [1.165, 1.54) is 5.19 Å². The molecule has 0 aliphatic rings. The smallest absolute Gasteiger partial charge is 0.236 e. The van der Waals surface area contributed by atoms with E-state index in [1.807, 2.05) is 0 Å². The highest BCUT2D eigenvalue weighted by atomic mass is 28.3. The third kappa shape index (κ3) is 2.84. The Balaban J connectivity index is 3.24. The van der Waals surface area contributed by atoms with Crippen molar-refractivity contribution in [1.82, 2.24) is 9.13 Å². The van der Waals surface area contributed by atoms with Gasteiger partial charge < -0.3 is 9.13 Å².